The van der Waals surface area contributed by atoms with Gasteiger partial charge in [0.05, 0.1) is 10.6 Å². The fourth-order valence-corrected chi connectivity index (χ4v) is 4.16. The van der Waals surface area contributed by atoms with Gasteiger partial charge in [0.2, 0.25) is 5.82 Å². The predicted molar refractivity (Wildman–Crippen MR) is 124 cm³/mol. The molecule has 0 aliphatic carbocycles. The molecule has 0 fully saturated rings. The van der Waals surface area contributed by atoms with E-state index in [1.807, 2.05) is 36.4 Å². The van der Waals surface area contributed by atoms with Crippen LogP contribution in [0.25, 0.3) is 23.0 Å². The van der Waals surface area contributed by atoms with Gasteiger partial charge < -0.3 is 22.9 Å². The minimum Gasteiger partial charge on any atom is -0.549 e. The van der Waals surface area contributed by atoms with E-state index < -0.39 is 18.5 Å². The third-order valence-corrected chi connectivity index (χ3v) is 5.71. The lowest BCUT2D eigenvalue weighted by atomic mass is 9.77. The highest BCUT2D eigenvalue weighted by atomic mass is 35.5. The van der Waals surface area contributed by atoms with Gasteiger partial charge in [-0.15, -0.1) is 5.46 Å². The van der Waals surface area contributed by atoms with Crippen LogP contribution in [0, 0.1) is 0 Å². The third-order valence-electron chi connectivity index (χ3n) is 5.21. The van der Waals surface area contributed by atoms with E-state index in [4.69, 9.17) is 37.5 Å². The van der Waals surface area contributed by atoms with Crippen molar-refractivity contribution >= 4 is 47.2 Å². The van der Waals surface area contributed by atoms with Gasteiger partial charge in [0.1, 0.15) is 5.75 Å². The summed E-state index contributed by atoms with van der Waals surface area (Å²) < 4.78 is 38.0. The molecule has 1 aromatic heterocycles. The fourth-order valence-electron chi connectivity index (χ4n) is 3.61. The van der Waals surface area contributed by atoms with Crippen molar-refractivity contribution < 1.29 is 22.9 Å². The molecule has 1 aliphatic rings. The standard InChI is InChI=1S/C23H14BCl2F2N2O3/c25-17-10-15-11-18(20(13-4-2-1-3-5-13)32-21(15)19(26)12-17)23-29-22(30-33-23)14-6-8-16(9-7-14)24(27,28)31/h1-12,20,31H/q-1. The Kier molecular flexibility index (Phi) is 5.44. The summed E-state index contributed by atoms with van der Waals surface area (Å²) in [5.41, 5.74) is 2.07. The lowest BCUT2D eigenvalue weighted by molar-refractivity contribution is 0.255. The van der Waals surface area contributed by atoms with Gasteiger partial charge >= 0.3 is 6.90 Å². The van der Waals surface area contributed by atoms with Crippen molar-refractivity contribution in [3.63, 3.8) is 0 Å². The van der Waals surface area contributed by atoms with Crippen LogP contribution in [0.15, 0.2) is 71.3 Å². The number of ether oxygens (including phenoxy) is 1. The number of benzene rings is 3. The van der Waals surface area contributed by atoms with Gasteiger partial charge in [0, 0.05) is 16.1 Å². The Hall–Kier alpha value is -3.20. The topological polar surface area (TPSA) is 68.4 Å². The number of rotatable bonds is 4. The second-order valence-corrected chi connectivity index (χ2v) is 8.33. The van der Waals surface area contributed by atoms with E-state index in [9.17, 15) is 8.63 Å². The highest BCUT2D eigenvalue weighted by molar-refractivity contribution is 6.72. The Bertz CT molecular complexity index is 1360. The van der Waals surface area contributed by atoms with E-state index in [-0.39, 0.29) is 11.7 Å². The summed E-state index contributed by atoms with van der Waals surface area (Å²) >= 11 is 12.5. The number of hydrogen-bond acceptors (Lipinski definition) is 5. The molecule has 166 valence electrons. The van der Waals surface area contributed by atoms with Crippen molar-refractivity contribution in [2.45, 2.75) is 6.10 Å². The first kappa shape index (κ1) is 21.6. The lowest BCUT2D eigenvalue weighted by Gasteiger charge is -2.27. The molecule has 2 heterocycles. The largest absolute Gasteiger partial charge is 0.549 e. The van der Waals surface area contributed by atoms with Gasteiger partial charge in [-0.2, -0.15) is 4.98 Å². The Morgan fingerprint density at radius 2 is 1.70 bits per heavy atom. The summed E-state index contributed by atoms with van der Waals surface area (Å²) in [5, 5.41) is 13.7. The van der Waals surface area contributed by atoms with E-state index in [1.165, 1.54) is 12.1 Å². The molecule has 1 N–H and O–H groups in total. The number of halogens is 4. The van der Waals surface area contributed by atoms with Gasteiger partial charge in [0.25, 0.3) is 5.89 Å². The maximum absolute atomic E-state index is 13.1. The Morgan fingerprint density at radius 1 is 0.970 bits per heavy atom. The molecule has 5 nitrogen and oxygen atoms in total. The molecule has 0 saturated carbocycles. The Morgan fingerprint density at radius 3 is 2.39 bits per heavy atom. The summed E-state index contributed by atoms with van der Waals surface area (Å²) in [6.45, 7) is -4.58. The maximum Gasteiger partial charge on any atom is 0.473 e. The maximum atomic E-state index is 13.1. The third kappa shape index (κ3) is 4.25. The van der Waals surface area contributed by atoms with Crippen molar-refractivity contribution in [3.8, 4) is 17.1 Å². The van der Waals surface area contributed by atoms with Gasteiger partial charge in [-0.25, -0.2) is 0 Å². The molecule has 3 aromatic carbocycles. The molecule has 0 amide bonds. The normalized spacial score (nSPS) is 15.5. The summed E-state index contributed by atoms with van der Waals surface area (Å²) in [6.07, 6.45) is 1.24. The molecule has 0 bridgehead atoms. The van der Waals surface area contributed by atoms with Crippen LogP contribution in [0.4, 0.5) is 8.63 Å². The monoisotopic (exact) mass is 485 g/mol. The first-order valence-corrected chi connectivity index (χ1v) is 10.7. The van der Waals surface area contributed by atoms with Crippen molar-refractivity contribution in [2.24, 2.45) is 0 Å². The van der Waals surface area contributed by atoms with Crippen LogP contribution >= 0.6 is 23.2 Å². The highest BCUT2D eigenvalue weighted by Gasteiger charge is 2.31. The molecule has 1 aliphatic heterocycles. The van der Waals surface area contributed by atoms with Gasteiger partial charge in [-0.1, -0.05) is 83.0 Å². The smallest absolute Gasteiger partial charge is 0.473 e. The van der Waals surface area contributed by atoms with Crippen LogP contribution < -0.4 is 10.2 Å². The van der Waals surface area contributed by atoms with Crippen molar-refractivity contribution in [3.05, 3.63) is 93.8 Å². The number of fused-ring (bicyclic) bond motifs is 1. The zero-order chi connectivity index (χ0) is 23.2. The minimum atomic E-state index is -4.58. The first-order chi connectivity index (χ1) is 15.8. The van der Waals surface area contributed by atoms with E-state index in [0.29, 0.717) is 32.5 Å². The molecule has 4 aromatic rings. The second-order valence-electron chi connectivity index (χ2n) is 7.48. The quantitative estimate of drug-likeness (QED) is 0.370. The molecule has 0 saturated heterocycles. The molecule has 10 heteroatoms. The van der Waals surface area contributed by atoms with Crippen LogP contribution in [0.5, 0.6) is 5.75 Å². The van der Waals surface area contributed by atoms with Crippen LogP contribution in [-0.4, -0.2) is 22.1 Å². The number of hydrogen-bond donors (Lipinski definition) is 1. The van der Waals surface area contributed by atoms with Gasteiger partial charge in [-0.05, 0) is 23.8 Å². The van der Waals surface area contributed by atoms with Crippen molar-refractivity contribution in [2.75, 3.05) is 0 Å². The van der Waals surface area contributed by atoms with Gasteiger partial charge in [0.15, 0.2) is 6.10 Å². The number of nitrogens with zero attached hydrogens (tertiary/aromatic N) is 2. The predicted octanol–water partition coefficient (Wildman–Crippen LogP) is 5.79. The molecular weight excluding hydrogens is 472 g/mol. The average molecular weight is 486 g/mol. The number of aromatic nitrogens is 2. The SMILES string of the molecule is O[B-](F)(F)c1ccc(-c2noc(C3=Cc4cc(Cl)cc(Cl)c4OC3c3ccccc3)n2)cc1. The van der Waals surface area contributed by atoms with Crippen LogP contribution in [0.2, 0.25) is 10.0 Å². The molecule has 33 heavy (non-hydrogen) atoms. The Balaban J connectivity index is 1.57. The fraction of sp³-hybridized carbons (Fsp3) is 0.0435. The lowest BCUT2D eigenvalue weighted by Crippen LogP contribution is -2.38. The average Bonchev–Trinajstić information content (AvgIpc) is 3.28. The van der Waals surface area contributed by atoms with E-state index >= 15 is 0 Å². The summed E-state index contributed by atoms with van der Waals surface area (Å²) in [4.78, 5) is 4.45. The van der Waals surface area contributed by atoms with Crippen LogP contribution in [-0.2, 0) is 0 Å². The van der Waals surface area contributed by atoms with E-state index in [1.54, 1.807) is 12.1 Å². The summed E-state index contributed by atoms with van der Waals surface area (Å²) in [5.74, 6) is 0.884. The Labute approximate surface area is 197 Å². The van der Waals surface area contributed by atoms with Crippen LogP contribution in [0.1, 0.15) is 23.1 Å². The highest BCUT2D eigenvalue weighted by Crippen LogP contribution is 2.45. The zero-order valence-electron chi connectivity index (χ0n) is 16.8. The van der Waals surface area contributed by atoms with Gasteiger partial charge in [-0.3, -0.25) is 0 Å². The minimum absolute atomic E-state index is 0.196. The molecule has 1 atom stereocenters. The van der Waals surface area contributed by atoms with Crippen molar-refractivity contribution in [1.29, 1.82) is 0 Å². The molecule has 0 radical (unpaired) electrons. The van der Waals surface area contributed by atoms with Crippen LogP contribution in [0.3, 0.4) is 0 Å². The zero-order valence-corrected chi connectivity index (χ0v) is 18.3. The molecular formula is C23H14BCl2F2N2O3-. The van der Waals surface area contributed by atoms with E-state index in [2.05, 4.69) is 10.1 Å². The molecule has 5 rings (SSSR count). The first-order valence-electron chi connectivity index (χ1n) is 9.90. The van der Waals surface area contributed by atoms with E-state index in [0.717, 1.165) is 17.7 Å². The second kappa shape index (κ2) is 8.30. The molecule has 1 unspecified atom stereocenters. The summed E-state index contributed by atoms with van der Waals surface area (Å²) in [6, 6.07) is 17.8. The summed E-state index contributed by atoms with van der Waals surface area (Å²) in [7, 11) is 0. The molecule has 0 spiro atoms. The van der Waals surface area contributed by atoms with Crippen molar-refractivity contribution in [1.82, 2.24) is 10.1 Å².